The molecule has 0 amide bonds. The number of H-pyrrole nitrogens is 1. The summed E-state index contributed by atoms with van der Waals surface area (Å²) in [6.45, 7) is 3.72. The van der Waals surface area contributed by atoms with Gasteiger partial charge < -0.3 is 10.3 Å². The van der Waals surface area contributed by atoms with Crippen LogP contribution in [0.5, 0.6) is 0 Å². The predicted octanol–water partition coefficient (Wildman–Crippen LogP) is 0.592. The fraction of sp³-hybridized carbons (Fsp3) is 0.300. The molecule has 0 atom stereocenters. The summed E-state index contributed by atoms with van der Waals surface area (Å²) in [4.78, 5) is 20.1. The zero-order valence-corrected chi connectivity index (χ0v) is 10.3. The van der Waals surface area contributed by atoms with Gasteiger partial charge in [-0.1, -0.05) is 0 Å². The van der Waals surface area contributed by atoms with Crippen LogP contribution in [0.4, 0.5) is 5.95 Å². The van der Waals surface area contributed by atoms with Crippen molar-refractivity contribution in [2.24, 2.45) is 0 Å². The molecule has 0 radical (unpaired) electrons. The molecule has 3 aromatic rings. The smallest absolute Gasteiger partial charge is 0.226 e. The molecule has 8 nitrogen and oxygen atoms in total. The van der Waals surface area contributed by atoms with E-state index in [1.165, 1.54) is 0 Å². The molecule has 0 fully saturated rings. The third kappa shape index (κ3) is 1.50. The number of hydrogen-bond donors (Lipinski definition) is 2. The number of anilines is 1. The highest BCUT2D eigenvalue weighted by molar-refractivity contribution is 5.79. The van der Waals surface area contributed by atoms with Crippen LogP contribution in [0.1, 0.15) is 11.6 Å². The number of aromatic amines is 1. The van der Waals surface area contributed by atoms with E-state index in [0.29, 0.717) is 23.2 Å². The molecule has 2 N–H and O–H groups in total. The Bertz CT molecular complexity index is 710. The molecule has 0 aliphatic rings. The Hall–Kier alpha value is -2.51. The van der Waals surface area contributed by atoms with Gasteiger partial charge in [0.25, 0.3) is 0 Å². The van der Waals surface area contributed by atoms with Crippen LogP contribution < -0.4 is 5.32 Å². The van der Waals surface area contributed by atoms with Crippen molar-refractivity contribution < 1.29 is 0 Å². The summed E-state index contributed by atoms with van der Waals surface area (Å²) in [5, 5.41) is 7.23. The van der Waals surface area contributed by atoms with Crippen LogP contribution in [0, 0.1) is 13.8 Å². The topological polar surface area (TPSA) is 97.2 Å². The SMILES string of the molecule is CNc1nc(-n2nc(C)nc2C)c2[nH]cnc2n1. The second-order valence-corrected chi connectivity index (χ2v) is 3.84. The number of fused-ring (bicyclic) bond motifs is 1. The average Bonchev–Trinajstić information content (AvgIpc) is 2.94. The van der Waals surface area contributed by atoms with Crippen LogP contribution in [0.2, 0.25) is 0 Å². The lowest BCUT2D eigenvalue weighted by Crippen LogP contribution is -2.07. The Morgan fingerprint density at radius 1 is 1.22 bits per heavy atom. The van der Waals surface area contributed by atoms with Crippen molar-refractivity contribution in [3.05, 3.63) is 18.0 Å². The Morgan fingerprint density at radius 3 is 2.72 bits per heavy atom. The first kappa shape index (κ1) is 10.6. The van der Waals surface area contributed by atoms with Gasteiger partial charge in [-0.25, -0.2) is 9.97 Å². The lowest BCUT2D eigenvalue weighted by atomic mass is 10.5. The number of imidazole rings is 1. The second-order valence-electron chi connectivity index (χ2n) is 3.84. The maximum atomic E-state index is 4.40. The molecular formula is C10H12N8. The fourth-order valence-corrected chi connectivity index (χ4v) is 1.80. The molecule has 3 heterocycles. The highest BCUT2D eigenvalue weighted by Gasteiger charge is 2.14. The van der Waals surface area contributed by atoms with Gasteiger partial charge >= 0.3 is 0 Å². The minimum absolute atomic E-state index is 0.497. The predicted molar refractivity (Wildman–Crippen MR) is 65.6 cm³/mol. The van der Waals surface area contributed by atoms with Gasteiger partial charge in [0.1, 0.15) is 17.2 Å². The van der Waals surface area contributed by atoms with Crippen molar-refractivity contribution in [1.29, 1.82) is 0 Å². The molecule has 0 aliphatic heterocycles. The fourth-order valence-electron chi connectivity index (χ4n) is 1.80. The zero-order valence-electron chi connectivity index (χ0n) is 10.3. The van der Waals surface area contributed by atoms with E-state index in [4.69, 9.17) is 0 Å². The molecule has 0 unspecified atom stereocenters. The first-order chi connectivity index (χ1) is 8.69. The van der Waals surface area contributed by atoms with Crippen LogP contribution >= 0.6 is 0 Å². The van der Waals surface area contributed by atoms with Crippen LogP contribution in [0.25, 0.3) is 17.0 Å². The summed E-state index contributed by atoms with van der Waals surface area (Å²) >= 11 is 0. The maximum absolute atomic E-state index is 4.40. The minimum atomic E-state index is 0.497. The zero-order chi connectivity index (χ0) is 12.7. The molecule has 3 rings (SSSR count). The van der Waals surface area contributed by atoms with Crippen LogP contribution in [0.3, 0.4) is 0 Å². The van der Waals surface area contributed by atoms with E-state index < -0.39 is 0 Å². The van der Waals surface area contributed by atoms with Gasteiger partial charge in [-0.05, 0) is 13.8 Å². The molecule has 3 aromatic heterocycles. The van der Waals surface area contributed by atoms with E-state index in [1.54, 1.807) is 18.1 Å². The van der Waals surface area contributed by atoms with Crippen molar-refractivity contribution in [3.63, 3.8) is 0 Å². The molecule has 0 saturated carbocycles. The first-order valence-electron chi connectivity index (χ1n) is 5.48. The molecule has 8 heteroatoms. The van der Waals surface area contributed by atoms with Crippen molar-refractivity contribution in [1.82, 2.24) is 34.7 Å². The Kier molecular flexibility index (Phi) is 2.22. The third-order valence-corrected chi connectivity index (χ3v) is 2.57. The molecule has 0 bridgehead atoms. The Balaban J connectivity index is 2.33. The lowest BCUT2D eigenvalue weighted by molar-refractivity contribution is 0.807. The normalized spacial score (nSPS) is 11.1. The molecule has 0 saturated heterocycles. The lowest BCUT2D eigenvalue weighted by Gasteiger charge is -2.05. The highest BCUT2D eigenvalue weighted by Crippen LogP contribution is 2.18. The van der Waals surface area contributed by atoms with Crippen LogP contribution in [-0.2, 0) is 0 Å². The summed E-state index contributed by atoms with van der Waals surface area (Å²) in [5.74, 6) is 2.60. The summed E-state index contributed by atoms with van der Waals surface area (Å²) in [5.41, 5.74) is 1.33. The summed E-state index contributed by atoms with van der Waals surface area (Å²) in [6, 6.07) is 0. The quantitative estimate of drug-likeness (QED) is 0.684. The first-order valence-corrected chi connectivity index (χ1v) is 5.48. The van der Waals surface area contributed by atoms with E-state index in [0.717, 1.165) is 11.3 Å². The van der Waals surface area contributed by atoms with Crippen molar-refractivity contribution >= 4 is 17.1 Å². The van der Waals surface area contributed by atoms with E-state index in [1.807, 2.05) is 13.8 Å². The largest absolute Gasteiger partial charge is 0.357 e. The third-order valence-electron chi connectivity index (χ3n) is 2.57. The maximum Gasteiger partial charge on any atom is 0.226 e. The molecular weight excluding hydrogens is 232 g/mol. The number of aryl methyl sites for hydroxylation is 2. The van der Waals surface area contributed by atoms with Gasteiger partial charge in [0, 0.05) is 7.05 Å². The standard InChI is InChI=1S/C10H12N8/c1-5-14-6(2)18(17-5)9-7-8(13-4-12-7)15-10(11-3)16-9/h4H,1-3H3,(H2,11,12,13,15,16). The van der Waals surface area contributed by atoms with E-state index in [2.05, 4.69) is 35.3 Å². The van der Waals surface area contributed by atoms with Gasteiger partial charge in [-0.15, -0.1) is 5.10 Å². The van der Waals surface area contributed by atoms with E-state index in [9.17, 15) is 0 Å². The summed E-state index contributed by atoms with van der Waals surface area (Å²) < 4.78 is 1.68. The van der Waals surface area contributed by atoms with Crippen molar-refractivity contribution in [3.8, 4) is 5.82 Å². The Morgan fingerprint density at radius 2 is 2.06 bits per heavy atom. The van der Waals surface area contributed by atoms with Crippen LogP contribution in [0.15, 0.2) is 6.33 Å². The van der Waals surface area contributed by atoms with Gasteiger partial charge in [-0.3, -0.25) is 0 Å². The van der Waals surface area contributed by atoms with Gasteiger partial charge in [-0.2, -0.15) is 14.6 Å². The summed E-state index contributed by atoms with van der Waals surface area (Å²) in [6.07, 6.45) is 1.58. The second kappa shape index (κ2) is 3.76. The van der Waals surface area contributed by atoms with Crippen molar-refractivity contribution in [2.45, 2.75) is 13.8 Å². The summed E-state index contributed by atoms with van der Waals surface area (Å²) in [7, 11) is 1.76. The minimum Gasteiger partial charge on any atom is -0.357 e. The molecule has 0 aromatic carbocycles. The van der Waals surface area contributed by atoms with E-state index >= 15 is 0 Å². The van der Waals surface area contributed by atoms with Gasteiger partial charge in [0.2, 0.25) is 5.95 Å². The number of rotatable bonds is 2. The molecule has 18 heavy (non-hydrogen) atoms. The monoisotopic (exact) mass is 244 g/mol. The van der Waals surface area contributed by atoms with Gasteiger partial charge in [0.15, 0.2) is 11.5 Å². The molecule has 92 valence electrons. The highest BCUT2D eigenvalue weighted by atomic mass is 15.4. The average molecular weight is 244 g/mol. The van der Waals surface area contributed by atoms with Gasteiger partial charge in [0.05, 0.1) is 6.33 Å². The number of aromatic nitrogens is 7. The number of nitrogens with zero attached hydrogens (tertiary/aromatic N) is 6. The number of hydrogen-bond acceptors (Lipinski definition) is 6. The Labute approximate surface area is 103 Å². The molecule has 0 aliphatic carbocycles. The van der Waals surface area contributed by atoms with E-state index in [-0.39, 0.29) is 0 Å². The number of nitrogens with one attached hydrogen (secondary N) is 2. The van der Waals surface area contributed by atoms with Crippen LogP contribution in [-0.4, -0.2) is 41.7 Å². The molecule has 0 spiro atoms. The van der Waals surface area contributed by atoms with Crippen molar-refractivity contribution in [2.75, 3.05) is 12.4 Å².